The normalized spacial score (nSPS) is 9.81. The molecule has 2 rings (SSSR count). The number of rotatable bonds is 7. The van der Waals surface area contributed by atoms with Gasteiger partial charge < -0.3 is 14.8 Å². The number of methoxy groups -OCH3 is 2. The topological polar surface area (TPSA) is 30.5 Å². The largest absolute Gasteiger partial charge is 0.497 e. The van der Waals surface area contributed by atoms with Gasteiger partial charge in [-0.3, -0.25) is 0 Å². The van der Waals surface area contributed by atoms with Crippen LogP contribution in [0.1, 0.15) is 11.1 Å². The summed E-state index contributed by atoms with van der Waals surface area (Å²) in [6, 6.07) is 16.3. The van der Waals surface area contributed by atoms with Crippen molar-refractivity contribution in [3.8, 4) is 11.5 Å². The molecule has 0 saturated heterocycles. The van der Waals surface area contributed by atoms with E-state index < -0.39 is 0 Å². The SMILES string of the molecule is Br.COc1ccc(CCNCc2ccccc2OC)cc1. The third-order valence-corrected chi connectivity index (χ3v) is 3.26. The van der Waals surface area contributed by atoms with E-state index in [4.69, 9.17) is 9.47 Å². The van der Waals surface area contributed by atoms with Crippen molar-refractivity contribution in [3.63, 3.8) is 0 Å². The fraction of sp³-hybridized carbons (Fsp3) is 0.294. The first-order chi connectivity index (χ1) is 9.83. The molecule has 0 amide bonds. The van der Waals surface area contributed by atoms with Gasteiger partial charge in [0.25, 0.3) is 0 Å². The van der Waals surface area contributed by atoms with E-state index in [1.807, 2.05) is 30.3 Å². The first-order valence-electron chi connectivity index (χ1n) is 6.79. The van der Waals surface area contributed by atoms with Crippen LogP contribution in [0.25, 0.3) is 0 Å². The number of hydrogen-bond donors (Lipinski definition) is 1. The van der Waals surface area contributed by atoms with E-state index >= 15 is 0 Å². The molecule has 0 aliphatic rings. The van der Waals surface area contributed by atoms with Crippen molar-refractivity contribution in [2.45, 2.75) is 13.0 Å². The van der Waals surface area contributed by atoms with E-state index in [1.165, 1.54) is 11.1 Å². The van der Waals surface area contributed by atoms with Crippen LogP contribution in [0.4, 0.5) is 0 Å². The number of hydrogen-bond acceptors (Lipinski definition) is 3. The summed E-state index contributed by atoms with van der Waals surface area (Å²) in [4.78, 5) is 0. The monoisotopic (exact) mass is 351 g/mol. The summed E-state index contributed by atoms with van der Waals surface area (Å²) < 4.78 is 10.5. The quantitative estimate of drug-likeness (QED) is 0.773. The zero-order chi connectivity index (χ0) is 14.2. The highest BCUT2D eigenvalue weighted by Gasteiger charge is 2.00. The molecule has 0 atom stereocenters. The predicted octanol–water partition coefficient (Wildman–Crippen LogP) is 3.61. The van der Waals surface area contributed by atoms with Crippen LogP contribution in [0.3, 0.4) is 0 Å². The molecule has 21 heavy (non-hydrogen) atoms. The number of ether oxygens (including phenoxy) is 2. The summed E-state index contributed by atoms with van der Waals surface area (Å²) in [5.74, 6) is 1.83. The van der Waals surface area contributed by atoms with Gasteiger partial charge in [0.2, 0.25) is 0 Å². The highest BCUT2D eigenvalue weighted by molar-refractivity contribution is 8.93. The lowest BCUT2D eigenvalue weighted by Crippen LogP contribution is -2.17. The van der Waals surface area contributed by atoms with Gasteiger partial charge in [0.1, 0.15) is 11.5 Å². The number of benzene rings is 2. The van der Waals surface area contributed by atoms with Gasteiger partial charge in [-0.15, -0.1) is 17.0 Å². The van der Waals surface area contributed by atoms with Crippen LogP contribution < -0.4 is 14.8 Å². The van der Waals surface area contributed by atoms with Gasteiger partial charge in [0, 0.05) is 12.1 Å². The van der Waals surface area contributed by atoms with Crippen LogP contribution in [0.5, 0.6) is 11.5 Å². The summed E-state index contributed by atoms with van der Waals surface area (Å²) in [7, 11) is 3.39. The average Bonchev–Trinajstić information content (AvgIpc) is 2.52. The van der Waals surface area contributed by atoms with E-state index in [0.29, 0.717) is 0 Å². The molecule has 2 aromatic carbocycles. The van der Waals surface area contributed by atoms with Gasteiger partial charge in [0.15, 0.2) is 0 Å². The van der Waals surface area contributed by atoms with Crippen molar-refractivity contribution < 1.29 is 9.47 Å². The van der Waals surface area contributed by atoms with Gasteiger partial charge >= 0.3 is 0 Å². The molecule has 0 saturated carbocycles. The molecule has 0 heterocycles. The molecule has 0 aliphatic heterocycles. The molecule has 0 aromatic heterocycles. The Morgan fingerprint density at radius 1 is 0.905 bits per heavy atom. The number of para-hydroxylation sites is 1. The van der Waals surface area contributed by atoms with Crippen LogP contribution in [-0.4, -0.2) is 20.8 Å². The third-order valence-electron chi connectivity index (χ3n) is 3.26. The Labute approximate surface area is 137 Å². The van der Waals surface area contributed by atoms with E-state index in [2.05, 4.69) is 23.5 Å². The molecule has 4 heteroatoms. The molecule has 1 N–H and O–H groups in total. The summed E-state index contributed by atoms with van der Waals surface area (Å²) in [6.07, 6.45) is 0.999. The Hall–Kier alpha value is -1.52. The lowest BCUT2D eigenvalue weighted by Gasteiger charge is -2.09. The zero-order valence-corrected chi connectivity index (χ0v) is 14.2. The van der Waals surface area contributed by atoms with E-state index in [9.17, 15) is 0 Å². The van der Waals surface area contributed by atoms with Gasteiger partial charge in [-0.05, 0) is 36.7 Å². The minimum absolute atomic E-state index is 0. The molecule has 0 fully saturated rings. The highest BCUT2D eigenvalue weighted by atomic mass is 79.9. The Kier molecular flexibility index (Phi) is 7.87. The lowest BCUT2D eigenvalue weighted by atomic mass is 10.1. The second-order valence-electron chi connectivity index (χ2n) is 4.59. The maximum atomic E-state index is 5.33. The Morgan fingerprint density at radius 3 is 2.29 bits per heavy atom. The fourth-order valence-electron chi connectivity index (χ4n) is 2.10. The fourth-order valence-corrected chi connectivity index (χ4v) is 2.10. The lowest BCUT2D eigenvalue weighted by molar-refractivity contribution is 0.408. The van der Waals surface area contributed by atoms with Crippen LogP contribution in [0.2, 0.25) is 0 Å². The first kappa shape index (κ1) is 17.5. The molecule has 114 valence electrons. The molecular formula is C17H22BrNO2. The molecule has 2 aromatic rings. The molecule has 0 radical (unpaired) electrons. The van der Waals surface area contributed by atoms with Crippen LogP contribution >= 0.6 is 17.0 Å². The van der Waals surface area contributed by atoms with Crippen molar-refractivity contribution >= 4 is 17.0 Å². The van der Waals surface area contributed by atoms with Crippen LogP contribution in [0.15, 0.2) is 48.5 Å². The minimum Gasteiger partial charge on any atom is -0.497 e. The third kappa shape index (κ3) is 5.40. The van der Waals surface area contributed by atoms with Crippen molar-refractivity contribution in [1.82, 2.24) is 5.32 Å². The smallest absolute Gasteiger partial charge is 0.123 e. The molecule has 0 spiro atoms. The average molecular weight is 352 g/mol. The maximum absolute atomic E-state index is 5.33. The number of nitrogens with one attached hydrogen (secondary N) is 1. The molecular weight excluding hydrogens is 330 g/mol. The molecule has 3 nitrogen and oxygen atoms in total. The maximum Gasteiger partial charge on any atom is 0.123 e. The second kappa shape index (κ2) is 9.42. The van der Waals surface area contributed by atoms with Crippen molar-refractivity contribution in [1.29, 1.82) is 0 Å². The van der Waals surface area contributed by atoms with E-state index in [1.54, 1.807) is 14.2 Å². The van der Waals surface area contributed by atoms with Crippen molar-refractivity contribution in [2.75, 3.05) is 20.8 Å². The van der Waals surface area contributed by atoms with Gasteiger partial charge in [0.05, 0.1) is 14.2 Å². The molecule has 0 unspecified atom stereocenters. The predicted molar refractivity (Wildman–Crippen MR) is 91.7 cm³/mol. The highest BCUT2D eigenvalue weighted by Crippen LogP contribution is 2.16. The second-order valence-corrected chi connectivity index (χ2v) is 4.59. The van der Waals surface area contributed by atoms with E-state index in [-0.39, 0.29) is 17.0 Å². The Morgan fingerprint density at radius 2 is 1.62 bits per heavy atom. The summed E-state index contributed by atoms with van der Waals surface area (Å²) in [5, 5.41) is 3.44. The standard InChI is InChI=1S/C17H21NO2.BrH/c1-19-16-9-7-14(8-10-16)11-12-18-13-15-5-3-4-6-17(15)20-2;/h3-10,18H,11-13H2,1-2H3;1H. The van der Waals surface area contributed by atoms with Crippen molar-refractivity contribution in [2.24, 2.45) is 0 Å². The Balaban J connectivity index is 0.00000220. The van der Waals surface area contributed by atoms with Crippen LogP contribution in [0, 0.1) is 0 Å². The molecule has 0 bridgehead atoms. The minimum atomic E-state index is 0. The van der Waals surface area contributed by atoms with E-state index in [0.717, 1.165) is 31.0 Å². The molecule has 0 aliphatic carbocycles. The van der Waals surface area contributed by atoms with Gasteiger partial charge in [-0.1, -0.05) is 30.3 Å². The first-order valence-corrected chi connectivity index (χ1v) is 6.79. The Bertz CT molecular complexity index is 529. The summed E-state index contributed by atoms with van der Waals surface area (Å²) in [5.41, 5.74) is 2.49. The van der Waals surface area contributed by atoms with Crippen LogP contribution in [-0.2, 0) is 13.0 Å². The zero-order valence-electron chi connectivity index (χ0n) is 12.5. The summed E-state index contributed by atoms with van der Waals surface area (Å²) >= 11 is 0. The summed E-state index contributed by atoms with van der Waals surface area (Å²) in [6.45, 7) is 1.75. The van der Waals surface area contributed by atoms with Gasteiger partial charge in [-0.2, -0.15) is 0 Å². The number of halogens is 1. The van der Waals surface area contributed by atoms with Gasteiger partial charge in [-0.25, -0.2) is 0 Å². The van der Waals surface area contributed by atoms with Crippen molar-refractivity contribution in [3.05, 3.63) is 59.7 Å².